The lowest BCUT2D eigenvalue weighted by Gasteiger charge is -2.18. The lowest BCUT2D eigenvalue weighted by atomic mass is 10.00. The molecule has 176 valence electrons. The number of nitrogens with zero attached hydrogens (tertiary/aromatic N) is 1. The molecule has 0 aliphatic heterocycles. The van der Waals surface area contributed by atoms with Crippen LogP contribution in [0.25, 0.3) is 22.1 Å². The molecule has 4 aromatic rings. The van der Waals surface area contributed by atoms with E-state index in [4.69, 9.17) is 4.42 Å². The number of carbonyl (C=O) groups is 1. The van der Waals surface area contributed by atoms with Crippen molar-refractivity contribution < 1.29 is 18.7 Å². The first kappa shape index (κ1) is 23.5. The Kier molecular flexibility index (Phi) is 7.28. The molecule has 5 nitrogen and oxygen atoms in total. The van der Waals surface area contributed by atoms with Gasteiger partial charge in [-0.15, -0.1) is 0 Å². The molecule has 0 bridgehead atoms. The molecule has 0 aliphatic rings. The number of phenols is 1. The number of nitrogens with one attached hydrogen (secondary N) is 1. The van der Waals surface area contributed by atoms with E-state index in [2.05, 4.69) is 5.32 Å². The van der Waals surface area contributed by atoms with Crippen LogP contribution in [0.3, 0.4) is 0 Å². The topological polar surface area (TPSA) is 65.7 Å². The summed E-state index contributed by atoms with van der Waals surface area (Å²) in [6.07, 6.45) is 0.561. The maximum Gasteiger partial charge on any atom is 0.253 e. The average molecular weight is 461 g/mol. The third-order valence-corrected chi connectivity index (χ3v) is 6.03. The van der Waals surface area contributed by atoms with Gasteiger partial charge in [-0.2, -0.15) is 0 Å². The summed E-state index contributed by atoms with van der Waals surface area (Å²) < 4.78 is 20.0. The molecule has 0 aliphatic carbocycles. The van der Waals surface area contributed by atoms with Gasteiger partial charge in [-0.25, -0.2) is 4.39 Å². The summed E-state index contributed by atoms with van der Waals surface area (Å²) in [4.78, 5) is 14.5. The van der Waals surface area contributed by atoms with Crippen molar-refractivity contribution in [2.45, 2.75) is 26.8 Å². The molecule has 0 saturated carbocycles. The molecule has 3 aromatic carbocycles. The fraction of sp³-hybridized carbons (Fsp3) is 0.250. The van der Waals surface area contributed by atoms with Crippen molar-refractivity contribution in [3.8, 4) is 16.9 Å². The van der Waals surface area contributed by atoms with Crippen molar-refractivity contribution in [1.82, 2.24) is 10.2 Å². The number of phenolic OH excluding ortho intramolecular Hbond substituents is 1. The predicted octanol–water partition coefficient (Wildman–Crippen LogP) is 5.76. The first-order valence-electron chi connectivity index (χ1n) is 11.6. The van der Waals surface area contributed by atoms with Gasteiger partial charge in [-0.3, -0.25) is 4.79 Å². The van der Waals surface area contributed by atoms with Crippen LogP contribution in [0.4, 0.5) is 4.39 Å². The third-order valence-electron chi connectivity index (χ3n) is 6.03. The van der Waals surface area contributed by atoms with Crippen LogP contribution in [0, 0.1) is 5.82 Å². The normalized spacial score (nSPS) is 11.1. The van der Waals surface area contributed by atoms with Gasteiger partial charge in [-0.1, -0.05) is 30.3 Å². The number of hydrogen-bond donors (Lipinski definition) is 2. The molecule has 6 heteroatoms. The van der Waals surface area contributed by atoms with Crippen LogP contribution in [0.1, 0.15) is 35.5 Å². The van der Waals surface area contributed by atoms with E-state index < -0.39 is 0 Å². The average Bonchev–Trinajstić information content (AvgIpc) is 3.21. The number of carbonyl (C=O) groups excluding carboxylic acids is 1. The molecule has 0 fully saturated rings. The number of amides is 1. The molecule has 0 spiro atoms. The maximum absolute atomic E-state index is 13.9. The zero-order chi connectivity index (χ0) is 24.1. The summed E-state index contributed by atoms with van der Waals surface area (Å²) >= 11 is 0. The lowest BCUT2D eigenvalue weighted by Crippen LogP contribution is -2.30. The van der Waals surface area contributed by atoms with Crippen molar-refractivity contribution >= 4 is 16.9 Å². The minimum absolute atomic E-state index is 0.00119. The van der Waals surface area contributed by atoms with Crippen LogP contribution in [0.2, 0.25) is 0 Å². The Morgan fingerprint density at radius 2 is 1.76 bits per heavy atom. The number of aromatic hydroxyl groups is 1. The minimum Gasteiger partial charge on any atom is -0.508 e. The molecule has 1 amide bonds. The maximum atomic E-state index is 13.9. The molecule has 0 saturated heterocycles. The molecular weight excluding hydrogens is 431 g/mol. The molecule has 0 atom stereocenters. The van der Waals surface area contributed by atoms with E-state index in [1.165, 1.54) is 6.07 Å². The summed E-state index contributed by atoms with van der Waals surface area (Å²) in [6, 6.07) is 19.3. The van der Waals surface area contributed by atoms with Crippen LogP contribution in [0.5, 0.6) is 5.75 Å². The van der Waals surface area contributed by atoms with E-state index in [-0.39, 0.29) is 17.5 Å². The monoisotopic (exact) mass is 460 g/mol. The summed E-state index contributed by atoms with van der Waals surface area (Å²) in [7, 11) is 0. The van der Waals surface area contributed by atoms with Gasteiger partial charge >= 0.3 is 0 Å². The van der Waals surface area contributed by atoms with Crippen molar-refractivity contribution in [3.63, 3.8) is 0 Å². The summed E-state index contributed by atoms with van der Waals surface area (Å²) in [5, 5.41) is 14.2. The largest absolute Gasteiger partial charge is 0.508 e. The van der Waals surface area contributed by atoms with E-state index in [0.717, 1.165) is 22.3 Å². The van der Waals surface area contributed by atoms with Crippen molar-refractivity contribution in [2.75, 3.05) is 19.6 Å². The predicted molar refractivity (Wildman–Crippen MR) is 132 cm³/mol. The van der Waals surface area contributed by atoms with Gasteiger partial charge in [0.2, 0.25) is 0 Å². The number of furan rings is 1. The first-order valence-corrected chi connectivity index (χ1v) is 11.6. The standard InChI is InChI=1S/C28H29FN2O3/c1-3-31(4-2)28(33)21-11-9-20(10-12-21)27-23-17-22(32)13-14-25(23)34-26(27)18-30-16-15-19-7-5-6-8-24(19)29/h5-14,17,30,32H,3-4,15-16,18H2,1-2H3. The lowest BCUT2D eigenvalue weighted by molar-refractivity contribution is 0.0773. The number of benzene rings is 3. The Morgan fingerprint density at radius 1 is 1.03 bits per heavy atom. The highest BCUT2D eigenvalue weighted by molar-refractivity contribution is 5.98. The van der Waals surface area contributed by atoms with E-state index >= 15 is 0 Å². The van der Waals surface area contributed by atoms with Gasteiger partial charge < -0.3 is 19.7 Å². The molecule has 0 radical (unpaired) electrons. The fourth-order valence-electron chi connectivity index (χ4n) is 4.18. The molecule has 1 aromatic heterocycles. The molecule has 34 heavy (non-hydrogen) atoms. The number of hydrogen-bond acceptors (Lipinski definition) is 4. The van der Waals surface area contributed by atoms with Gasteiger partial charge in [0.25, 0.3) is 5.91 Å². The van der Waals surface area contributed by atoms with Crippen LogP contribution >= 0.6 is 0 Å². The van der Waals surface area contributed by atoms with Crippen LogP contribution in [-0.2, 0) is 13.0 Å². The molecule has 4 rings (SSSR count). The van der Waals surface area contributed by atoms with E-state index in [1.807, 2.05) is 44.2 Å². The Hall–Kier alpha value is -3.64. The van der Waals surface area contributed by atoms with Gasteiger partial charge in [0.05, 0.1) is 6.54 Å². The SMILES string of the molecule is CCN(CC)C(=O)c1ccc(-c2c(CNCCc3ccccc3F)oc3ccc(O)cc23)cc1. The third kappa shape index (κ3) is 4.97. The Bertz CT molecular complexity index is 1280. The van der Waals surface area contributed by atoms with Gasteiger partial charge in [-0.05, 0) is 74.3 Å². The smallest absolute Gasteiger partial charge is 0.253 e. The van der Waals surface area contributed by atoms with Crippen molar-refractivity contribution in [3.05, 3.63) is 89.4 Å². The highest BCUT2D eigenvalue weighted by Crippen LogP contribution is 2.37. The minimum atomic E-state index is -0.205. The van der Waals surface area contributed by atoms with Gasteiger partial charge in [0.15, 0.2) is 0 Å². The second kappa shape index (κ2) is 10.5. The summed E-state index contributed by atoms with van der Waals surface area (Å²) in [5.74, 6) is 0.670. The quantitative estimate of drug-likeness (QED) is 0.312. The zero-order valence-corrected chi connectivity index (χ0v) is 19.5. The summed E-state index contributed by atoms with van der Waals surface area (Å²) in [6.45, 7) is 6.27. The van der Waals surface area contributed by atoms with E-state index in [0.29, 0.717) is 49.3 Å². The van der Waals surface area contributed by atoms with Crippen molar-refractivity contribution in [1.29, 1.82) is 0 Å². The van der Waals surface area contributed by atoms with Crippen LogP contribution in [0.15, 0.2) is 71.1 Å². The molecule has 2 N–H and O–H groups in total. The molecular formula is C28H29FN2O3. The highest BCUT2D eigenvalue weighted by atomic mass is 19.1. The van der Waals surface area contributed by atoms with E-state index in [9.17, 15) is 14.3 Å². The van der Waals surface area contributed by atoms with Gasteiger partial charge in [0, 0.05) is 29.6 Å². The highest BCUT2D eigenvalue weighted by Gasteiger charge is 2.18. The zero-order valence-electron chi connectivity index (χ0n) is 19.5. The van der Waals surface area contributed by atoms with Crippen LogP contribution < -0.4 is 5.32 Å². The Balaban J connectivity index is 1.58. The Morgan fingerprint density at radius 3 is 2.47 bits per heavy atom. The van der Waals surface area contributed by atoms with Crippen molar-refractivity contribution in [2.24, 2.45) is 0 Å². The van der Waals surface area contributed by atoms with Crippen LogP contribution in [-0.4, -0.2) is 35.5 Å². The number of halogens is 1. The van der Waals surface area contributed by atoms with E-state index in [1.54, 1.807) is 35.2 Å². The number of rotatable bonds is 9. The molecule has 0 unspecified atom stereocenters. The first-order chi connectivity index (χ1) is 16.5. The second-order valence-electron chi connectivity index (χ2n) is 8.15. The summed E-state index contributed by atoms with van der Waals surface area (Å²) in [5.41, 5.74) is 3.73. The molecule has 1 heterocycles. The second-order valence-corrected chi connectivity index (χ2v) is 8.15. The number of fused-ring (bicyclic) bond motifs is 1. The van der Waals surface area contributed by atoms with Gasteiger partial charge in [0.1, 0.15) is 22.9 Å². The fourth-order valence-corrected chi connectivity index (χ4v) is 4.18. The Labute approximate surface area is 198 Å².